The number of hydrogen-bond donors (Lipinski definition) is 2. The number of benzene rings is 2. The molecular formula is C22H23N3O2. The molecule has 5 nitrogen and oxygen atoms in total. The number of carbonyl (C=O) groups excluding carboxylic acids is 2. The number of aryl methyl sites for hydroxylation is 1. The molecule has 1 aliphatic heterocycles. The normalized spacial score (nSPS) is 16.6. The van der Waals surface area contributed by atoms with Crippen LogP contribution in [0.25, 0.3) is 10.9 Å². The van der Waals surface area contributed by atoms with Crippen LogP contribution < -0.4 is 5.32 Å². The van der Waals surface area contributed by atoms with Crippen molar-refractivity contribution >= 4 is 28.4 Å². The molecule has 2 aromatic carbocycles. The fourth-order valence-corrected chi connectivity index (χ4v) is 3.79. The highest BCUT2D eigenvalue weighted by molar-refractivity contribution is 5.99. The molecule has 2 heterocycles. The van der Waals surface area contributed by atoms with E-state index in [-0.39, 0.29) is 11.8 Å². The molecule has 1 fully saturated rings. The van der Waals surface area contributed by atoms with Gasteiger partial charge in [0.2, 0.25) is 11.8 Å². The first-order chi connectivity index (χ1) is 13.1. The number of likely N-dealkylation sites (tertiary alicyclic amines) is 1. The van der Waals surface area contributed by atoms with Gasteiger partial charge in [0.15, 0.2) is 0 Å². The molecule has 0 radical (unpaired) electrons. The summed E-state index contributed by atoms with van der Waals surface area (Å²) in [6, 6.07) is 17.1. The molecule has 1 unspecified atom stereocenters. The maximum atomic E-state index is 12.8. The van der Waals surface area contributed by atoms with Crippen LogP contribution in [0.1, 0.15) is 24.1 Å². The van der Waals surface area contributed by atoms with Gasteiger partial charge in [0.05, 0.1) is 6.42 Å². The Morgan fingerprint density at radius 1 is 1.15 bits per heavy atom. The van der Waals surface area contributed by atoms with Gasteiger partial charge in [-0.15, -0.1) is 0 Å². The lowest BCUT2D eigenvalue weighted by Gasteiger charge is -2.24. The predicted octanol–water partition coefficient (Wildman–Crippen LogP) is 3.65. The number of fused-ring (bicyclic) bond motifs is 1. The molecule has 0 spiro atoms. The van der Waals surface area contributed by atoms with Gasteiger partial charge >= 0.3 is 0 Å². The third-order valence-corrected chi connectivity index (χ3v) is 5.10. The zero-order valence-electron chi connectivity index (χ0n) is 15.4. The van der Waals surface area contributed by atoms with Gasteiger partial charge in [-0.25, -0.2) is 0 Å². The van der Waals surface area contributed by atoms with Crippen LogP contribution in [-0.4, -0.2) is 34.3 Å². The molecule has 1 atom stereocenters. The smallest absolute Gasteiger partial charge is 0.247 e. The molecule has 2 N–H and O–H groups in total. The summed E-state index contributed by atoms with van der Waals surface area (Å²) in [5, 5.41) is 4.05. The number of aromatic nitrogens is 1. The molecule has 4 rings (SSSR count). The van der Waals surface area contributed by atoms with Gasteiger partial charge < -0.3 is 15.2 Å². The zero-order valence-corrected chi connectivity index (χ0v) is 15.4. The van der Waals surface area contributed by atoms with E-state index in [9.17, 15) is 9.59 Å². The fourth-order valence-electron chi connectivity index (χ4n) is 3.79. The summed E-state index contributed by atoms with van der Waals surface area (Å²) >= 11 is 0. The van der Waals surface area contributed by atoms with E-state index in [0.717, 1.165) is 34.3 Å². The second-order valence-corrected chi connectivity index (χ2v) is 7.15. The monoisotopic (exact) mass is 361 g/mol. The van der Waals surface area contributed by atoms with E-state index in [2.05, 4.69) is 16.4 Å². The van der Waals surface area contributed by atoms with Crippen LogP contribution in [0.5, 0.6) is 0 Å². The van der Waals surface area contributed by atoms with Crippen molar-refractivity contribution in [3.05, 3.63) is 65.9 Å². The molecule has 0 bridgehead atoms. The Balaban J connectivity index is 1.45. The van der Waals surface area contributed by atoms with Crippen LogP contribution >= 0.6 is 0 Å². The van der Waals surface area contributed by atoms with Crippen LogP contribution in [0.3, 0.4) is 0 Å². The van der Waals surface area contributed by atoms with Gasteiger partial charge in [-0.05, 0) is 49.6 Å². The van der Waals surface area contributed by atoms with Gasteiger partial charge in [-0.2, -0.15) is 0 Å². The standard InChI is InChI=1S/C22H23N3O2/c1-15-12-17-14-18(9-10-19(17)23-15)24-22(27)20-8-5-11-25(20)21(26)13-16-6-3-2-4-7-16/h2-4,6-7,9-10,12,14,20,23H,5,8,11,13H2,1H3,(H,24,27). The molecule has 0 saturated carbocycles. The molecule has 2 amide bonds. The summed E-state index contributed by atoms with van der Waals surface area (Å²) < 4.78 is 0. The van der Waals surface area contributed by atoms with E-state index in [4.69, 9.17) is 0 Å². The topological polar surface area (TPSA) is 65.2 Å². The predicted molar refractivity (Wildman–Crippen MR) is 107 cm³/mol. The van der Waals surface area contributed by atoms with Crippen molar-refractivity contribution < 1.29 is 9.59 Å². The van der Waals surface area contributed by atoms with Crippen molar-refractivity contribution in [2.75, 3.05) is 11.9 Å². The summed E-state index contributed by atoms with van der Waals surface area (Å²) in [4.78, 5) is 30.5. The first kappa shape index (κ1) is 17.3. The summed E-state index contributed by atoms with van der Waals surface area (Å²) in [6.45, 7) is 2.65. The quantitative estimate of drug-likeness (QED) is 0.745. The first-order valence-electron chi connectivity index (χ1n) is 9.34. The van der Waals surface area contributed by atoms with Crippen molar-refractivity contribution in [1.29, 1.82) is 0 Å². The molecule has 3 aromatic rings. The Bertz CT molecular complexity index is 978. The number of anilines is 1. The van der Waals surface area contributed by atoms with Gasteiger partial charge in [0.1, 0.15) is 6.04 Å². The van der Waals surface area contributed by atoms with E-state index in [0.29, 0.717) is 19.4 Å². The fraction of sp³-hybridized carbons (Fsp3) is 0.273. The lowest BCUT2D eigenvalue weighted by atomic mass is 10.1. The number of nitrogens with zero attached hydrogens (tertiary/aromatic N) is 1. The molecule has 1 aromatic heterocycles. The molecule has 138 valence electrons. The second-order valence-electron chi connectivity index (χ2n) is 7.15. The van der Waals surface area contributed by atoms with Crippen LogP contribution in [0.15, 0.2) is 54.6 Å². The molecule has 1 aliphatic rings. The number of H-pyrrole nitrogens is 1. The number of nitrogens with one attached hydrogen (secondary N) is 2. The highest BCUT2D eigenvalue weighted by atomic mass is 16.2. The van der Waals surface area contributed by atoms with E-state index in [1.54, 1.807) is 4.90 Å². The minimum Gasteiger partial charge on any atom is -0.359 e. The number of amides is 2. The summed E-state index contributed by atoms with van der Waals surface area (Å²) in [5.41, 5.74) is 3.86. The highest BCUT2D eigenvalue weighted by Crippen LogP contribution is 2.23. The zero-order chi connectivity index (χ0) is 18.8. The van der Waals surface area contributed by atoms with Gasteiger partial charge in [0.25, 0.3) is 0 Å². The summed E-state index contributed by atoms with van der Waals surface area (Å²) in [6.07, 6.45) is 1.89. The minimum absolute atomic E-state index is 0.00978. The Morgan fingerprint density at radius 2 is 1.96 bits per heavy atom. The molecule has 0 aliphatic carbocycles. The van der Waals surface area contributed by atoms with Crippen LogP contribution in [0.4, 0.5) is 5.69 Å². The first-order valence-corrected chi connectivity index (χ1v) is 9.34. The molecular weight excluding hydrogens is 338 g/mol. The van der Waals surface area contributed by atoms with Crippen LogP contribution in [-0.2, 0) is 16.0 Å². The van der Waals surface area contributed by atoms with Gasteiger partial charge in [-0.1, -0.05) is 30.3 Å². The molecule has 1 saturated heterocycles. The third-order valence-electron chi connectivity index (χ3n) is 5.10. The average Bonchev–Trinajstić information content (AvgIpc) is 3.28. The van der Waals surface area contributed by atoms with Gasteiger partial charge in [-0.3, -0.25) is 9.59 Å². The van der Waals surface area contributed by atoms with E-state index in [1.165, 1.54) is 0 Å². The van der Waals surface area contributed by atoms with Crippen molar-refractivity contribution in [2.45, 2.75) is 32.2 Å². The number of carbonyl (C=O) groups is 2. The number of hydrogen-bond acceptors (Lipinski definition) is 2. The van der Waals surface area contributed by atoms with E-state index < -0.39 is 6.04 Å². The molecule has 5 heteroatoms. The number of aromatic amines is 1. The van der Waals surface area contributed by atoms with Gasteiger partial charge in [0, 0.05) is 28.8 Å². The highest BCUT2D eigenvalue weighted by Gasteiger charge is 2.33. The van der Waals surface area contributed by atoms with Crippen molar-refractivity contribution in [2.24, 2.45) is 0 Å². The third kappa shape index (κ3) is 3.72. The van der Waals surface area contributed by atoms with Crippen molar-refractivity contribution in [3.63, 3.8) is 0 Å². The maximum absolute atomic E-state index is 12.8. The SMILES string of the molecule is Cc1cc2cc(NC(=O)C3CCCN3C(=O)Cc3ccccc3)ccc2[nH]1. The Morgan fingerprint density at radius 3 is 2.78 bits per heavy atom. The lowest BCUT2D eigenvalue weighted by molar-refractivity contribution is -0.136. The maximum Gasteiger partial charge on any atom is 0.247 e. The van der Waals surface area contributed by atoms with Crippen molar-refractivity contribution in [1.82, 2.24) is 9.88 Å². The average molecular weight is 361 g/mol. The lowest BCUT2D eigenvalue weighted by Crippen LogP contribution is -2.43. The summed E-state index contributed by atoms with van der Waals surface area (Å²) in [7, 11) is 0. The van der Waals surface area contributed by atoms with Crippen LogP contribution in [0.2, 0.25) is 0 Å². The second kappa shape index (κ2) is 7.27. The van der Waals surface area contributed by atoms with Crippen molar-refractivity contribution in [3.8, 4) is 0 Å². The Hall–Kier alpha value is -3.08. The summed E-state index contributed by atoms with van der Waals surface area (Å²) in [5.74, 6) is -0.101. The Labute approximate surface area is 158 Å². The minimum atomic E-state index is -0.398. The number of rotatable bonds is 4. The molecule has 27 heavy (non-hydrogen) atoms. The van der Waals surface area contributed by atoms with E-state index in [1.807, 2.05) is 55.5 Å². The largest absolute Gasteiger partial charge is 0.359 e. The Kier molecular flexibility index (Phi) is 4.67. The van der Waals surface area contributed by atoms with Crippen LogP contribution in [0, 0.1) is 6.92 Å². The van der Waals surface area contributed by atoms with E-state index >= 15 is 0 Å².